The molecule has 2 heterocycles. The molecule has 1 aromatic carbocycles. The van der Waals surface area contributed by atoms with Crippen molar-refractivity contribution >= 4 is 5.91 Å². The molecule has 2 aliphatic carbocycles. The number of hydrogen-bond donors (Lipinski definition) is 0. The minimum atomic E-state index is 0.290. The summed E-state index contributed by atoms with van der Waals surface area (Å²) in [5.41, 5.74) is 1.38. The molecule has 0 aromatic heterocycles. The third-order valence-corrected chi connectivity index (χ3v) is 8.33. The highest BCUT2D eigenvalue weighted by atomic mass is 16.5. The molecule has 4 aliphatic rings. The summed E-state index contributed by atoms with van der Waals surface area (Å²) in [7, 11) is 1.73. The number of nitrogens with zero attached hydrogens (tertiary/aromatic N) is 2. The van der Waals surface area contributed by atoms with Gasteiger partial charge in [0.2, 0.25) is 5.91 Å². The van der Waals surface area contributed by atoms with Crippen LogP contribution in [0.5, 0.6) is 5.75 Å². The minimum Gasteiger partial charge on any atom is -0.497 e. The standard InChI is InChI=1S/C25H36N2O2/c1-29-21-12-10-18(11-13-21)22-17-27(25(28)19-6-2-3-7-19)24-14-15-26(16-23(22)24)20-8-4-5-9-20/h10-13,19-20,22-24H,2-9,14-17H2,1H3/t22-,23-,24-/m0/s1. The Kier molecular flexibility index (Phi) is 5.55. The van der Waals surface area contributed by atoms with Crippen molar-refractivity contribution in [2.45, 2.75) is 75.8 Å². The van der Waals surface area contributed by atoms with E-state index in [1.165, 1.54) is 57.2 Å². The fourth-order valence-corrected chi connectivity index (χ4v) is 6.73. The van der Waals surface area contributed by atoms with Gasteiger partial charge in [0.1, 0.15) is 5.75 Å². The van der Waals surface area contributed by atoms with E-state index >= 15 is 0 Å². The van der Waals surface area contributed by atoms with E-state index in [4.69, 9.17) is 4.74 Å². The van der Waals surface area contributed by atoms with E-state index in [2.05, 4.69) is 34.1 Å². The third kappa shape index (κ3) is 3.69. The summed E-state index contributed by atoms with van der Waals surface area (Å²) in [5, 5.41) is 0. The van der Waals surface area contributed by atoms with Crippen LogP contribution in [-0.2, 0) is 4.79 Å². The van der Waals surface area contributed by atoms with Crippen molar-refractivity contribution in [1.29, 1.82) is 0 Å². The number of rotatable bonds is 4. The molecule has 1 amide bonds. The summed E-state index contributed by atoms with van der Waals surface area (Å²) in [6, 6.07) is 9.86. The molecule has 2 aliphatic heterocycles. The Labute approximate surface area is 175 Å². The normalized spacial score (nSPS) is 31.3. The molecule has 3 atom stereocenters. The first kappa shape index (κ1) is 19.4. The van der Waals surface area contributed by atoms with Gasteiger partial charge in [-0.25, -0.2) is 0 Å². The topological polar surface area (TPSA) is 32.8 Å². The number of ether oxygens (including phenoxy) is 1. The number of methoxy groups -OCH3 is 1. The van der Waals surface area contributed by atoms with Gasteiger partial charge in [-0.05, 0) is 49.8 Å². The maximum absolute atomic E-state index is 13.4. The Morgan fingerprint density at radius 1 is 0.931 bits per heavy atom. The lowest BCUT2D eigenvalue weighted by molar-refractivity contribution is -0.137. The fourth-order valence-electron chi connectivity index (χ4n) is 6.73. The SMILES string of the molecule is COc1ccc([C@@H]2CN(C(=O)C3CCCC3)[C@H]3CCN(C4CCCC4)C[C@@H]23)cc1. The Bertz CT molecular complexity index is 706. The van der Waals surface area contributed by atoms with Crippen LogP contribution in [0.15, 0.2) is 24.3 Å². The molecule has 0 N–H and O–H groups in total. The lowest BCUT2D eigenvalue weighted by Gasteiger charge is -2.42. The van der Waals surface area contributed by atoms with Crippen LogP contribution in [0.3, 0.4) is 0 Å². The second kappa shape index (κ2) is 8.29. The molecule has 158 valence electrons. The Hall–Kier alpha value is -1.55. The highest BCUT2D eigenvalue weighted by Crippen LogP contribution is 2.44. The summed E-state index contributed by atoms with van der Waals surface area (Å²) in [6.07, 6.45) is 11.4. The van der Waals surface area contributed by atoms with Crippen molar-refractivity contribution in [3.63, 3.8) is 0 Å². The second-order valence-electron chi connectivity index (χ2n) is 9.80. The van der Waals surface area contributed by atoms with Gasteiger partial charge >= 0.3 is 0 Å². The second-order valence-corrected chi connectivity index (χ2v) is 9.80. The molecular weight excluding hydrogens is 360 g/mol. The predicted octanol–water partition coefficient (Wildman–Crippen LogP) is 4.44. The molecular formula is C25H36N2O2. The average Bonchev–Trinajstić information content (AvgIpc) is 3.54. The van der Waals surface area contributed by atoms with Gasteiger partial charge < -0.3 is 9.64 Å². The van der Waals surface area contributed by atoms with Crippen molar-refractivity contribution in [1.82, 2.24) is 9.80 Å². The highest BCUT2D eigenvalue weighted by Gasteiger charge is 2.48. The number of carbonyl (C=O) groups is 1. The number of piperidine rings is 1. The van der Waals surface area contributed by atoms with Crippen LogP contribution < -0.4 is 4.74 Å². The first-order valence-corrected chi connectivity index (χ1v) is 11.9. The van der Waals surface area contributed by atoms with Crippen LogP contribution in [0, 0.1) is 11.8 Å². The van der Waals surface area contributed by atoms with Crippen LogP contribution in [0.2, 0.25) is 0 Å². The number of amides is 1. The summed E-state index contributed by atoms with van der Waals surface area (Å²) < 4.78 is 5.38. The van der Waals surface area contributed by atoms with E-state index in [9.17, 15) is 4.79 Å². The van der Waals surface area contributed by atoms with Crippen LogP contribution >= 0.6 is 0 Å². The molecule has 2 saturated carbocycles. The number of benzene rings is 1. The fraction of sp³-hybridized carbons (Fsp3) is 0.720. The zero-order valence-electron chi connectivity index (χ0n) is 17.9. The summed E-state index contributed by atoms with van der Waals surface area (Å²) in [5.74, 6) is 2.70. The summed E-state index contributed by atoms with van der Waals surface area (Å²) >= 11 is 0. The largest absolute Gasteiger partial charge is 0.497 e. The quantitative estimate of drug-likeness (QED) is 0.754. The Balaban J connectivity index is 1.39. The molecule has 29 heavy (non-hydrogen) atoms. The van der Waals surface area contributed by atoms with Gasteiger partial charge in [0.05, 0.1) is 7.11 Å². The van der Waals surface area contributed by atoms with E-state index in [1.54, 1.807) is 7.11 Å². The van der Waals surface area contributed by atoms with Crippen LogP contribution in [0.25, 0.3) is 0 Å². The minimum absolute atomic E-state index is 0.290. The predicted molar refractivity (Wildman–Crippen MR) is 115 cm³/mol. The average molecular weight is 397 g/mol. The molecule has 4 heteroatoms. The summed E-state index contributed by atoms with van der Waals surface area (Å²) in [6.45, 7) is 3.26. The number of likely N-dealkylation sites (tertiary alicyclic amines) is 2. The van der Waals surface area contributed by atoms with Crippen LogP contribution in [-0.4, -0.2) is 54.5 Å². The van der Waals surface area contributed by atoms with E-state index in [-0.39, 0.29) is 5.92 Å². The first-order chi connectivity index (χ1) is 14.2. The molecule has 4 fully saturated rings. The van der Waals surface area contributed by atoms with Gasteiger partial charge in [0.25, 0.3) is 0 Å². The van der Waals surface area contributed by atoms with Crippen molar-refractivity contribution in [3.8, 4) is 5.75 Å². The number of fused-ring (bicyclic) bond motifs is 1. The van der Waals surface area contributed by atoms with Crippen molar-refractivity contribution in [3.05, 3.63) is 29.8 Å². The molecule has 4 nitrogen and oxygen atoms in total. The summed E-state index contributed by atoms with van der Waals surface area (Å²) in [4.78, 5) is 18.5. The monoisotopic (exact) mass is 396 g/mol. The maximum atomic E-state index is 13.4. The third-order valence-electron chi connectivity index (χ3n) is 8.33. The van der Waals surface area contributed by atoms with E-state index in [0.717, 1.165) is 37.6 Å². The highest BCUT2D eigenvalue weighted by molar-refractivity contribution is 5.80. The first-order valence-electron chi connectivity index (χ1n) is 11.9. The van der Waals surface area contributed by atoms with Gasteiger partial charge in [0, 0.05) is 49.5 Å². The van der Waals surface area contributed by atoms with Gasteiger partial charge in [-0.1, -0.05) is 37.8 Å². The van der Waals surface area contributed by atoms with E-state index < -0.39 is 0 Å². The lowest BCUT2D eigenvalue weighted by atomic mass is 9.81. The van der Waals surface area contributed by atoms with Gasteiger partial charge in [0.15, 0.2) is 0 Å². The van der Waals surface area contributed by atoms with Gasteiger partial charge in [-0.3, -0.25) is 9.69 Å². The molecule has 0 bridgehead atoms. The molecule has 0 spiro atoms. The zero-order chi connectivity index (χ0) is 19.8. The van der Waals surface area contributed by atoms with Crippen LogP contribution in [0.1, 0.15) is 69.3 Å². The van der Waals surface area contributed by atoms with E-state index in [1.807, 2.05) is 0 Å². The lowest BCUT2D eigenvalue weighted by Crippen LogP contribution is -2.51. The van der Waals surface area contributed by atoms with Gasteiger partial charge in [-0.15, -0.1) is 0 Å². The molecule has 5 rings (SSSR count). The Morgan fingerprint density at radius 2 is 1.62 bits per heavy atom. The smallest absolute Gasteiger partial charge is 0.225 e. The van der Waals surface area contributed by atoms with Crippen LogP contribution in [0.4, 0.5) is 0 Å². The zero-order valence-corrected chi connectivity index (χ0v) is 17.9. The number of hydrogen-bond acceptors (Lipinski definition) is 3. The maximum Gasteiger partial charge on any atom is 0.225 e. The number of carbonyl (C=O) groups excluding carboxylic acids is 1. The molecule has 0 radical (unpaired) electrons. The molecule has 1 aromatic rings. The molecule has 0 unspecified atom stereocenters. The van der Waals surface area contributed by atoms with Gasteiger partial charge in [-0.2, -0.15) is 0 Å². The molecule has 2 saturated heterocycles. The van der Waals surface area contributed by atoms with Crippen molar-refractivity contribution < 1.29 is 9.53 Å². The Morgan fingerprint density at radius 3 is 2.31 bits per heavy atom. The van der Waals surface area contributed by atoms with E-state index in [0.29, 0.717) is 23.8 Å². The van der Waals surface area contributed by atoms with Crippen molar-refractivity contribution in [2.75, 3.05) is 26.7 Å². The van der Waals surface area contributed by atoms with Crippen molar-refractivity contribution in [2.24, 2.45) is 11.8 Å².